The van der Waals surface area contributed by atoms with Crippen LogP contribution in [0.15, 0.2) is 36.4 Å². The van der Waals surface area contributed by atoms with Crippen molar-refractivity contribution in [3.05, 3.63) is 57.6 Å². The third kappa shape index (κ3) is 8.64. The smallest absolute Gasteiger partial charge is 0.166 e. The Kier molecular flexibility index (Phi) is 14.6. The van der Waals surface area contributed by atoms with E-state index in [0.717, 1.165) is 42.1 Å². The standard InChI is InChI=1S/C20H26Cl2N2O2.2ClH/c1-3-25-19-7-4-6-15(13-24-11-5-10-23-2)20(19)26-14-16-8-9-17(21)12-18(16)22;;/h4,6-9,12,23-24H,3,5,10-11,13-14H2,1-2H3;2*1H. The molecule has 4 nitrogen and oxygen atoms in total. The number of para-hydroxylation sites is 1. The summed E-state index contributed by atoms with van der Waals surface area (Å²) >= 11 is 12.2. The first-order valence-electron chi connectivity index (χ1n) is 8.82. The van der Waals surface area contributed by atoms with Gasteiger partial charge in [-0.2, -0.15) is 0 Å². The number of nitrogens with one attached hydrogen (secondary N) is 2. The maximum Gasteiger partial charge on any atom is 0.166 e. The number of ether oxygens (including phenoxy) is 2. The lowest BCUT2D eigenvalue weighted by Gasteiger charge is -2.17. The minimum absolute atomic E-state index is 0. The van der Waals surface area contributed by atoms with Gasteiger partial charge in [-0.3, -0.25) is 0 Å². The summed E-state index contributed by atoms with van der Waals surface area (Å²) < 4.78 is 11.8. The lowest BCUT2D eigenvalue weighted by Crippen LogP contribution is -2.20. The fourth-order valence-electron chi connectivity index (χ4n) is 2.54. The maximum atomic E-state index is 6.25. The summed E-state index contributed by atoms with van der Waals surface area (Å²) in [6.45, 7) is 5.54. The molecule has 2 aromatic rings. The minimum atomic E-state index is 0. The lowest BCUT2D eigenvalue weighted by molar-refractivity contribution is 0.266. The van der Waals surface area contributed by atoms with Crippen molar-refractivity contribution >= 4 is 48.0 Å². The van der Waals surface area contributed by atoms with E-state index in [9.17, 15) is 0 Å². The summed E-state index contributed by atoms with van der Waals surface area (Å²) in [5.74, 6) is 1.49. The van der Waals surface area contributed by atoms with Crippen molar-refractivity contribution in [3.63, 3.8) is 0 Å². The van der Waals surface area contributed by atoms with E-state index in [1.165, 1.54) is 0 Å². The van der Waals surface area contributed by atoms with Crippen LogP contribution in [0, 0.1) is 0 Å². The Labute approximate surface area is 190 Å². The summed E-state index contributed by atoms with van der Waals surface area (Å²) in [5, 5.41) is 7.80. The Morgan fingerprint density at radius 3 is 2.43 bits per heavy atom. The van der Waals surface area contributed by atoms with Crippen molar-refractivity contribution in [2.45, 2.75) is 26.5 Å². The molecule has 0 radical (unpaired) electrons. The van der Waals surface area contributed by atoms with Crippen LogP contribution in [0.3, 0.4) is 0 Å². The van der Waals surface area contributed by atoms with Gasteiger partial charge in [-0.25, -0.2) is 0 Å². The van der Waals surface area contributed by atoms with Crippen LogP contribution in [0.5, 0.6) is 11.5 Å². The summed E-state index contributed by atoms with van der Waals surface area (Å²) in [5.41, 5.74) is 1.95. The zero-order valence-corrected chi connectivity index (χ0v) is 19.2. The Morgan fingerprint density at radius 1 is 0.964 bits per heavy atom. The second-order valence-corrected chi connectivity index (χ2v) is 6.68. The molecule has 0 aliphatic carbocycles. The van der Waals surface area contributed by atoms with E-state index < -0.39 is 0 Å². The van der Waals surface area contributed by atoms with Gasteiger partial charge >= 0.3 is 0 Å². The van der Waals surface area contributed by atoms with Gasteiger partial charge in [0.1, 0.15) is 6.61 Å². The van der Waals surface area contributed by atoms with Gasteiger partial charge in [0, 0.05) is 27.7 Å². The topological polar surface area (TPSA) is 42.5 Å². The van der Waals surface area contributed by atoms with E-state index in [1.54, 1.807) is 6.07 Å². The molecule has 8 heteroatoms. The van der Waals surface area contributed by atoms with Crippen molar-refractivity contribution < 1.29 is 9.47 Å². The van der Waals surface area contributed by atoms with E-state index in [0.29, 0.717) is 29.8 Å². The Morgan fingerprint density at radius 2 is 1.75 bits per heavy atom. The molecule has 0 spiro atoms. The highest BCUT2D eigenvalue weighted by molar-refractivity contribution is 6.35. The summed E-state index contributed by atoms with van der Waals surface area (Å²) in [6, 6.07) is 11.4. The van der Waals surface area contributed by atoms with Gasteiger partial charge in [-0.15, -0.1) is 24.8 Å². The molecule has 0 aliphatic rings. The SMILES string of the molecule is CCOc1cccc(CNCCCNC)c1OCc1ccc(Cl)cc1Cl.Cl.Cl. The van der Waals surface area contributed by atoms with Crippen molar-refractivity contribution in [1.29, 1.82) is 0 Å². The molecule has 28 heavy (non-hydrogen) atoms. The highest BCUT2D eigenvalue weighted by atomic mass is 35.5. The van der Waals surface area contributed by atoms with Gasteiger partial charge in [0.2, 0.25) is 0 Å². The van der Waals surface area contributed by atoms with Crippen LogP contribution in [-0.2, 0) is 13.2 Å². The molecule has 0 amide bonds. The van der Waals surface area contributed by atoms with E-state index >= 15 is 0 Å². The molecule has 0 saturated heterocycles. The number of halogens is 4. The van der Waals surface area contributed by atoms with Crippen LogP contribution in [-0.4, -0.2) is 26.7 Å². The first-order chi connectivity index (χ1) is 12.7. The molecule has 0 saturated carbocycles. The molecule has 2 aromatic carbocycles. The van der Waals surface area contributed by atoms with E-state index in [-0.39, 0.29) is 24.8 Å². The predicted octanol–water partition coefficient (Wildman–Crippen LogP) is 5.51. The lowest BCUT2D eigenvalue weighted by atomic mass is 10.1. The largest absolute Gasteiger partial charge is 0.490 e. The van der Waals surface area contributed by atoms with Crippen molar-refractivity contribution in [1.82, 2.24) is 10.6 Å². The molecule has 2 N–H and O–H groups in total. The second-order valence-electron chi connectivity index (χ2n) is 5.84. The fraction of sp³-hybridized carbons (Fsp3) is 0.400. The van der Waals surface area contributed by atoms with Gasteiger partial charge < -0.3 is 20.1 Å². The molecule has 0 heterocycles. The molecule has 0 unspecified atom stereocenters. The minimum Gasteiger partial charge on any atom is -0.490 e. The molecule has 158 valence electrons. The average Bonchev–Trinajstić information content (AvgIpc) is 2.62. The normalized spacial score (nSPS) is 10.0. The molecule has 0 atom stereocenters. The highest BCUT2D eigenvalue weighted by Crippen LogP contribution is 2.33. The molecule has 0 fully saturated rings. The van der Waals surface area contributed by atoms with Crippen LogP contribution < -0.4 is 20.1 Å². The first kappa shape index (κ1) is 27.1. The van der Waals surface area contributed by atoms with Crippen LogP contribution in [0.4, 0.5) is 0 Å². The number of hydrogen-bond donors (Lipinski definition) is 2. The summed E-state index contributed by atoms with van der Waals surface area (Å²) in [6.07, 6.45) is 1.07. The summed E-state index contributed by atoms with van der Waals surface area (Å²) in [7, 11) is 1.96. The van der Waals surface area contributed by atoms with Gasteiger partial charge in [0.05, 0.1) is 6.61 Å². The van der Waals surface area contributed by atoms with Gasteiger partial charge in [-0.05, 0) is 51.7 Å². The van der Waals surface area contributed by atoms with E-state index in [1.807, 2.05) is 44.3 Å². The predicted molar refractivity (Wildman–Crippen MR) is 123 cm³/mol. The zero-order chi connectivity index (χ0) is 18.8. The van der Waals surface area contributed by atoms with Crippen molar-refractivity contribution in [3.8, 4) is 11.5 Å². The first-order valence-corrected chi connectivity index (χ1v) is 9.58. The van der Waals surface area contributed by atoms with Crippen LogP contribution in [0.2, 0.25) is 10.0 Å². The molecule has 0 aliphatic heterocycles. The van der Waals surface area contributed by atoms with Crippen LogP contribution in [0.1, 0.15) is 24.5 Å². The number of hydrogen-bond acceptors (Lipinski definition) is 4. The monoisotopic (exact) mass is 468 g/mol. The molecule has 0 aromatic heterocycles. The molecular formula is C20H28Cl4N2O2. The van der Waals surface area contributed by atoms with E-state index in [2.05, 4.69) is 10.6 Å². The van der Waals surface area contributed by atoms with E-state index in [4.69, 9.17) is 32.7 Å². The van der Waals surface area contributed by atoms with Gasteiger partial charge in [0.25, 0.3) is 0 Å². The highest BCUT2D eigenvalue weighted by Gasteiger charge is 2.12. The van der Waals surface area contributed by atoms with Crippen LogP contribution in [0.25, 0.3) is 0 Å². The van der Waals surface area contributed by atoms with Crippen molar-refractivity contribution in [2.75, 3.05) is 26.7 Å². The zero-order valence-electron chi connectivity index (χ0n) is 16.1. The number of rotatable bonds is 11. The summed E-state index contributed by atoms with van der Waals surface area (Å²) in [4.78, 5) is 0. The number of benzene rings is 2. The van der Waals surface area contributed by atoms with Crippen molar-refractivity contribution in [2.24, 2.45) is 0 Å². The Balaban J connectivity index is 0.00000364. The van der Waals surface area contributed by atoms with Crippen LogP contribution >= 0.6 is 48.0 Å². The second kappa shape index (κ2) is 15.0. The Bertz CT molecular complexity index is 702. The van der Waals surface area contributed by atoms with Gasteiger partial charge in [-0.1, -0.05) is 41.4 Å². The Hall–Kier alpha value is -0.880. The third-order valence-corrected chi connectivity index (χ3v) is 4.43. The maximum absolute atomic E-state index is 6.25. The third-order valence-electron chi connectivity index (χ3n) is 3.84. The molecular weight excluding hydrogens is 442 g/mol. The van der Waals surface area contributed by atoms with Gasteiger partial charge in [0.15, 0.2) is 11.5 Å². The molecule has 2 rings (SSSR count). The average molecular weight is 470 g/mol. The fourth-order valence-corrected chi connectivity index (χ4v) is 3.00. The quantitative estimate of drug-likeness (QED) is 0.425. The molecule has 0 bridgehead atoms.